The van der Waals surface area contributed by atoms with E-state index in [2.05, 4.69) is 23.9 Å². The van der Waals surface area contributed by atoms with Crippen LogP contribution in [0.4, 0.5) is 0 Å². The van der Waals surface area contributed by atoms with E-state index in [4.69, 9.17) is 5.53 Å². The minimum Gasteiger partial charge on any atom is -0.0686 e. The molecule has 0 aliphatic heterocycles. The molecule has 0 aromatic rings. The Kier molecular flexibility index (Phi) is 5.59. The van der Waals surface area contributed by atoms with Crippen LogP contribution in [-0.2, 0) is 0 Å². The molecular weight excluding hydrogens is 126 g/mol. The van der Waals surface area contributed by atoms with Crippen LogP contribution in [0.25, 0.3) is 10.4 Å². The topological polar surface area (TPSA) is 48.8 Å². The van der Waals surface area contributed by atoms with Gasteiger partial charge in [-0.3, -0.25) is 0 Å². The molecule has 0 spiro atoms. The Morgan fingerprint density at radius 1 is 1.60 bits per heavy atom. The van der Waals surface area contributed by atoms with Crippen LogP contribution in [-0.4, -0.2) is 0 Å². The van der Waals surface area contributed by atoms with Crippen LogP contribution in [0.3, 0.4) is 0 Å². The molecule has 0 saturated carbocycles. The lowest BCUT2D eigenvalue weighted by Crippen LogP contribution is -1.77. The molecule has 0 aliphatic rings. The van der Waals surface area contributed by atoms with E-state index in [0.29, 0.717) is 0 Å². The SMILES string of the molecule is CCCC(=CN=[N+]=[N-])CC. The Bertz CT molecular complexity index is 154. The molecule has 0 heterocycles. The number of allylic oxidation sites excluding steroid dienone is 1. The van der Waals surface area contributed by atoms with E-state index in [0.717, 1.165) is 19.3 Å². The summed E-state index contributed by atoms with van der Waals surface area (Å²) in [6.07, 6.45) is 4.74. The Labute approximate surface area is 61.4 Å². The van der Waals surface area contributed by atoms with E-state index in [1.54, 1.807) is 6.20 Å². The first-order valence-electron chi connectivity index (χ1n) is 3.57. The summed E-state index contributed by atoms with van der Waals surface area (Å²) in [6.45, 7) is 4.17. The van der Waals surface area contributed by atoms with E-state index >= 15 is 0 Å². The molecule has 3 nitrogen and oxygen atoms in total. The van der Waals surface area contributed by atoms with Gasteiger partial charge in [-0.25, -0.2) is 0 Å². The first-order valence-corrected chi connectivity index (χ1v) is 3.57. The fraction of sp³-hybridized carbons (Fsp3) is 0.714. The number of nitrogens with zero attached hydrogens (tertiary/aromatic N) is 3. The van der Waals surface area contributed by atoms with Crippen LogP contribution in [0.5, 0.6) is 0 Å². The highest BCUT2D eigenvalue weighted by molar-refractivity contribution is 4.99. The van der Waals surface area contributed by atoms with E-state index in [1.165, 1.54) is 5.57 Å². The number of rotatable bonds is 4. The van der Waals surface area contributed by atoms with Crippen molar-refractivity contribution in [3.8, 4) is 0 Å². The van der Waals surface area contributed by atoms with Crippen molar-refractivity contribution in [3.63, 3.8) is 0 Å². The Morgan fingerprint density at radius 3 is 2.70 bits per heavy atom. The van der Waals surface area contributed by atoms with E-state index in [9.17, 15) is 0 Å². The first-order chi connectivity index (χ1) is 4.85. The monoisotopic (exact) mass is 139 g/mol. The van der Waals surface area contributed by atoms with Crippen molar-refractivity contribution in [2.45, 2.75) is 33.1 Å². The molecular formula is C7H13N3. The van der Waals surface area contributed by atoms with Crippen molar-refractivity contribution in [1.82, 2.24) is 0 Å². The third-order valence-electron chi connectivity index (χ3n) is 1.32. The van der Waals surface area contributed by atoms with E-state index < -0.39 is 0 Å². The fourth-order valence-electron chi connectivity index (χ4n) is 0.761. The van der Waals surface area contributed by atoms with Gasteiger partial charge in [-0.05, 0) is 18.4 Å². The lowest BCUT2D eigenvalue weighted by atomic mass is 10.1. The number of hydrogen-bond donors (Lipinski definition) is 0. The highest BCUT2D eigenvalue weighted by Gasteiger charge is 1.88. The lowest BCUT2D eigenvalue weighted by molar-refractivity contribution is 0.853. The zero-order valence-corrected chi connectivity index (χ0v) is 6.54. The van der Waals surface area contributed by atoms with Gasteiger partial charge < -0.3 is 0 Å². The van der Waals surface area contributed by atoms with Crippen LogP contribution in [0, 0.1) is 0 Å². The molecule has 0 amide bonds. The number of hydrogen-bond acceptors (Lipinski definition) is 1. The van der Waals surface area contributed by atoms with Gasteiger partial charge in [-0.2, -0.15) is 0 Å². The summed E-state index contributed by atoms with van der Waals surface area (Å²) in [6, 6.07) is 0. The lowest BCUT2D eigenvalue weighted by Gasteiger charge is -1.97. The molecule has 0 aliphatic carbocycles. The van der Waals surface area contributed by atoms with Gasteiger partial charge in [-0.1, -0.05) is 31.0 Å². The maximum Gasteiger partial charge on any atom is 0.00475 e. The largest absolute Gasteiger partial charge is 0.0686 e. The zero-order valence-electron chi connectivity index (χ0n) is 6.54. The van der Waals surface area contributed by atoms with Crippen molar-refractivity contribution in [1.29, 1.82) is 0 Å². The molecule has 0 rings (SSSR count). The highest BCUT2D eigenvalue weighted by atomic mass is 15.1. The molecule has 0 aromatic carbocycles. The van der Waals surface area contributed by atoms with Crippen LogP contribution in [0.1, 0.15) is 33.1 Å². The second-order valence-electron chi connectivity index (χ2n) is 2.10. The van der Waals surface area contributed by atoms with Crippen LogP contribution < -0.4 is 0 Å². The van der Waals surface area contributed by atoms with Gasteiger partial charge in [0, 0.05) is 11.1 Å². The van der Waals surface area contributed by atoms with E-state index in [1.807, 2.05) is 0 Å². The molecule has 0 radical (unpaired) electrons. The van der Waals surface area contributed by atoms with Crippen molar-refractivity contribution in [3.05, 3.63) is 22.2 Å². The summed E-state index contributed by atoms with van der Waals surface area (Å²) in [5.74, 6) is 0. The van der Waals surface area contributed by atoms with Gasteiger partial charge in [0.1, 0.15) is 0 Å². The first kappa shape index (κ1) is 9.05. The summed E-state index contributed by atoms with van der Waals surface area (Å²) in [5.41, 5.74) is 9.22. The molecule has 0 saturated heterocycles. The number of azide groups is 1. The predicted molar refractivity (Wildman–Crippen MR) is 42.4 cm³/mol. The van der Waals surface area contributed by atoms with Crippen molar-refractivity contribution < 1.29 is 0 Å². The van der Waals surface area contributed by atoms with Crippen LogP contribution in [0.2, 0.25) is 0 Å². The summed E-state index contributed by atoms with van der Waals surface area (Å²) >= 11 is 0. The van der Waals surface area contributed by atoms with Crippen molar-refractivity contribution >= 4 is 0 Å². The average molecular weight is 139 g/mol. The fourth-order valence-corrected chi connectivity index (χ4v) is 0.761. The molecule has 0 N–H and O–H groups in total. The molecule has 0 fully saturated rings. The average Bonchev–Trinajstić information content (AvgIpc) is 1.98. The van der Waals surface area contributed by atoms with Gasteiger partial charge >= 0.3 is 0 Å². The summed E-state index contributed by atoms with van der Waals surface area (Å²) in [5, 5.41) is 3.38. The standard InChI is InChI=1S/C7H13N3/c1-3-5-7(4-2)6-9-10-8/h6H,3-5H2,1-2H3. The molecule has 3 heteroatoms. The second-order valence-corrected chi connectivity index (χ2v) is 2.10. The molecule has 0 unspecified atom stereocenters. The van der Waals surface area contributed by atoms with Gasteiger partial charge in [0.05, 0.1) is 0 Å². The maximum atomic E-state index is 7.99. The maximum absolute atomic E-state index is 7.99. The Hall–Kier alpha value is -0.950. The van der Waals surface area contributed by atoms with Gasteiger partial charge in [0.15, 0.2) is 0 Å². The van der Waals surface area contributed by atoms with Crippen LogP contribution >= 0.6 is 0 Å². The summed E-state index contributed by atoms with van der Waals surface area (Å²) in [7, 11) is 0. The Morgan fingerprint density at radius 2 is 2.30 bits per heavy atom. The van der Waals surface area contributed by atoms with Crippen molar-refractivity contribution in [2.24, 2.45) is 5.11 Å². The molecule has 10 heavy (non-hydrogen) atoms. The minimum absolute atomic E-state index is 0.979. The van der Waals surface area contributed by atoms with Gasteiger partial charge in [-0.15, -0.1) is 0 Å². The van der Waals surface area contributed by atoms with Crippen LogP contribution in [0.15, 0.2) is 16.9 Å². The van der Waals surface area contributed by atoms with Crippen molar-refractivity contribution in [2.75, 3.05) is 0 Å². The second kappa shape index (κ2) is 6.17. The third-order valence-corrected chi connectivity index (χ3v) is 1.32. The highest BCUT2D eigenvalue weighted by Crippen LogP contribution is 2.08. The zero-order chi connectivity index (χ0) is 7.82. The quantitative estimate of drug-likeness (QED) is 0.325. The third kappa shape index (κ3) is 3.98. The van der Waals surface area contributed by atoms with E-state index in [-0.39, 0.29) is 0 Å². The smallest absolute Gasteiger partial charge is 0.00475 e. The van der Waals surface area contributed by atoms with Gasteiger partial charge in [0.2, 0.25) is 0 Å². The molecule has 0 bridgehead atoms. The summed E-state index contributed by atoms with van der Waals surface area (Å²) in [4.78, 5) is 2.65. The predicted octanol–water partition coefficient (Wildman–Crippen LogP) is 3.39. The normalized spacial score (nSPS) is 10.8. The molecule has 0 atom stereocenters. The minimum atomic E-state index is 0.979. The Balaban J connectivity index is 3.90. The van der Waals surface area contributed by atoms with Gasteiger partial charge in [0.25, 0.3) is 0 Å². The molecule has 56 valence electrons. The summed E-state index contributed by atoms with van der Waals surface area (Å²) < 4.78 is 0. The molecule has 0 aromatic heterocycles.